The van der Waals surface area contributed by atoms with E-state index in [-0.39, 0.29) is 37.1 Å². The largest absolute Gasteiger partial charge is 0.333 e. The molecule has 42 heavy (non-hydrogen) atoms. The average Bonchev–Trinajstić information content (AvgIpc) is 3.54. The fourth-order valence-electron chi connectivity index (χ4n) is 5.28. The van der Waals surface area contributed by atoms with Gasteiger partial charge >= 0.3 is 0 Å². The summed E-state index contributed by atoms with van der Waals surface area (Å²) in [5, 5.41) is 14.2. The first-order chi connectivity index (χ1) is 20.0. The summed E-state index contributed by atoms with van der Waals surface area (Å²) in [6, 6.07) is 11.6. The summed E-state index contributed by atoms with van der Waals surface area (Å²) < 4.78 is 17.0. The first-order valence-corrected chi connectivity index (χ1v) is 14.5. The number of aryl methyl sites for hydroxylation is 1. The molecule has 1 saturated heterocycles. The molecule has 12 heteroatoms. The van der Waals surface area contributed by atoms with Gasteiger partial charge in [-0.05, 0) is 63.1 Å². The van der Waals surface area contributed by atoms with E-state index in [9.17, 15) is 14.0 Å². The molecular weight excluding hydrogens is 580 g/mol. The van der Waals surface area contributed by atoms with Gasteiger partial charge in [0, 0.05) is 29.4 Å². The fourth-order valence-corrected chi connectivity index (χ4v) is 5.77. The number of hydrogen-bond acceptors (Lipinski definition) is 5. The van der Waals surface area contributed by atoms with Crippen LogP contribution in [0.3, 0.4) is 0 Å². The number of amides is 2. The van der Waals surface area contributed by atoms with Gasteiger partial charge in [-0.25, -0.2) is 13.8 Å². The SMILES string of the molecule is CCC(C)(c1ccc(F)cc1)n1cc(CN2CCN(C(=O)Cc3c(C)nn(-c4ccc(Cl)cc4Cl)c3C)CC2=O)nn1. The van der Waals surface area contributed by atoms with Gasteiger partial charge in [0.05, 0.1) is 47.7 Å². The Hall–Kier alpha value is -3.76. The van der Waals surface area contributed by atoms with Crippen LogP contribution < -0.4 is 0 Å². The Morgan fingerprint density at radius 2 is 1.83 bits per heavy atom. The van der Waals surface area contributed by atoms with E-state index in [0.717, 1.165) is 22.5 Å². The van der Waals surface area contributed by atoms with E-state index >= 15 is 0 Å². The van der Waals surface area contributed by atoms with Gasteiger partial charge < -0.3 is 9.80 Å². The molecule has 9 nitrogen and oxygen atoms in total. The number of carbonyl (C=O) groups is 2. The second-order valence-electron chi connectivity index (χ2n) is 10.8. The van der Waals surface area contributed by atoms with Crippen LogP contribution in [0.4, 0.5) is 4.39 Å². The van der Waals surface area contributed by atoms with Crippen LogP contribution in [-0.4, -0.2) is 66.0 Å². The van der Waals surface area contributed by atoms with Crippen LogP contribution in [0, 0.1) is 19.7 Å². The number of carbonyl (C=O) groups excluding carboxylic acids is 2. The summed E-state index contributed by atoms with van der Waals surface area (Å²) in [6.45, 7) is 8.88. The normalized spacial score (nSPS) is 15.3. The smallest absolute Gasteiger partial charge is 0.242 e. The molecule has 1 aliphatic heterocycles. The highest BCUT2D eigenvalue weighted by atomic mass is 35.5. The molecule has 0 N–H and O–H groups in total. The lowest BCUT2D eigenvalue weighted by Gasteiger charge is -2.34. The lowest BCUT2D eigenvalue weighted by molar-refractivity contribution is -0.145. The summed E-state index contributed by atoms with van der Waals surface area (Å²) >= 11 is 12.4. The highest BCUT2D eigenvalue weighted by molar-refractivity contribution is 6.35. The molecule has 1 fully saturated rings. The predicted molar refractivity (Wildman–Crippen MR) is 158 cm³/mol. The lowest BCUT2D eigenvalue weighted by atomic mass is 9.89. The molecule has 1 aliphatic rings. The van der Waals surface area contributed by atoms with Crippen LogP contribution in [0.2, 0.25) is 10.0 Å². The van der Waals surface area contributed by atoms with Crippen molar-refractivity contribution < 1.29 is 14.0 Å². The number of nitrogens with zero attached hydrogens (tertiary/aromatic N) is 7. The standard InChI is InChI=1S/C30H32Cl2FN7O2/c1-5-30(4,21-6-9-23(33)10-7-21)39-17-24(34-36-39)16-37-12-13-38(18-29(37)42)28(41)15-25-19(2)35-40(20(25)3)27-11-8-22(31)14-26(27)32/h6-11,14,17H,5,12-13,15-16,18H2,1-4H3. The Morgan fingerprint density at radius 3 is 2.50 bits per heavy atom. The minimum absolute atomic E-state index is 0.00945. The molecule has 220 valence electrons. The van der Waals surface area contributed by atoms with Crippen LogP contribution >= 0.6 is 23.2 Å². The number of hydrogen-bond donors (Lipinski definition) is 0. The van der Waals surface area contributed by atoms with Crippen molar-refractivity contribution in [3.05, 3.63) is 92.7 Å². The van der Waals surface area contributed by atoms with E-state index in [4.69, 9.17) is 23.2 Å². The molecule has 4 aromatic rings. The third kappa shape index (κ3) is 5.78. The lowest BCUT2D eigenvalue weighted by Crippen LogP contribution is -2.52. The van der Waals surface area contributed by atoms with Crippen LogP contribution in [0.5, 0.6) is 0 Å². The summed E-state index contributed by atoms with van der Waals surface area (Å²) in [7, 11) is 0. The molecule has 2 aromatic carbocycles. The third-order valence-corrected chi connectivity index (χ3v) is 8.67. The zero-order chi connectivity index (χ0) is 30.2. The number of aromatic nitrogens is 5. The Labute approximate surface area is 253 Å². The average molecular weight is 613 g/mol. The zero-order valence-corrected chi connectivity index (χ0v) is 25.5. The summed E-state index contributed by atoms with van der Waals surface area (Å²) in [4.78, 5) is 29.6. The predicted octanol–water partition coefficient (Wildman–Crippen LogP) is 5.11. The number of piperazine rings is 1. The Morgan fingerprint density at radius 1 is 1.10 bits per heavy atom. The van der Waals surface area contributed by atoms with Crippen molar-refractivity contribution in [2.75, 3.05) is 19.6 Å². The summed E-state index contributed by atoms with van der Waals surface area (Å²) in [5.41, 5.74) is 4.05. The molecule has 3 heterocycles. The van der Waals surface area contributed by atoms with Gasteiger partial charge in [0.2, 0.25) is 11.8 Å². The van der Waals surface area contributed by atoms with Crippen molar-refractivity contribution >= 4 is 35.0 Å². The molecule has 2 aromatic heterocycles. The molecule has 0 radical (unpaired) electrons. The zero-order valence-electron chi connectivity index (χ0n) is 23.9. The third-order valence-electron chi connectivity index (χ3n) is 8.13. The van der Waals surface area contributed by atoms with Gasteiger partial charge in [-0.2, -0.15) is 5.10 Å². The van der Waals surface area contributed by atoms with Crippen molar-refractivity contribution in [1.82, 2.24) is 34.6 Å². The number of halogens is 3. The molecular formula is C30H32Cl2FN7O2. The highest BCUT2D eigenvalue weighted by Gasteiger charge is 2.31. The number of rotatable bonds is 8. The Kier molecular flexibility index (Phi) is 8.39. The van der Waals surface area contributed by atoms with Crippen molar-refractivity contribution in [2.24, 2.45) is 0 Å². The molecule has 5 rings (SSSR count). The first-order valence-electron chi connectivity index (χ1n) is 13.7. The van der Waals surface area contributed by atoms with Gasteiger partial charge in [0.25, 0.3) is 0 Å². The molecule has 0 aliphatic carbocycles. The maximum absolute atomic E-state index is 13.5. The topological polar surface area (TPSA) is 89.2 Å². The van der Waals surface area contributed by atoms with Crippen molar-refractivity contribution in [2.45, 2.75) is 52.6 Å². The van der Waals surface area contributed by atoms with Gasteiger partial charge in [0.1, 0.15) is 11.5 Å². The summed E-state index contributed by atoms with van der Waals surface area (Å²) in [6.07, 6.45) is 2.67. The van der Waals surface area contributed by atoms with Crippen LogP contribution in [-0.2, 0) is 28.1 Å². The molecule has 1 unspecified atom stereocenters. The van der Waals surface area contributed by atoms with Crippen molar-refractivity contribution in [3.63, 3.8) is 0 Å². The quantitative estimate of drug-likeness (QED) is 0.276. The second-order valence-corrected chi connectivity index (χ2v) is 11.6. The minimum atomic E-state index is -0.517. The fraction of sp³-hybridized carbons (Fsp3) is 0.367. The van der Waals surface area contributed by atoms with E-state index in [0.29, 0.717) is 40.9 Å². The van der Waals surface area contributed by atoms with Gasteiger partial charge in [-0.3, -0.25) is 9.59 Å². The minimum Gasteiger partial charge on any atom is -0.333 e. The van der Waals surface area contributed by atoms with Crippen LogP contribution in [0.15, 0.2) is 48.7 Å². The highest BCUT2D eigenvalue weighted by Crippen LogP contribution is 2.30. The maximum atomic E-state index is 13.5. The summed E-state index contributed by atoms with van der Waals surface area (Å²) in [5.74, 6) is -0.589. The van der Waals surface area contributed by atoms with Gasteiger partial charge in [-0.1, -0.05) is 47.5 Å². The van der Waals surface area contributed by atoms with Crippen molar-refractivity contribution in [1.29, 1.82) is 0 Å². The van der Waals surface area contributed by atoms with Gasteiger partial charge in [0.15, 0.2) is 0 Å². The molecule has 0 spiro atoms. The van der Waals surface area contributed by atoms with Crippen LogP contribution in [0.1, 0.15) is 48.5 Å². The monoisotopic (exact) mass is 611 g/mol. The first kappa shape index (κ1) is 29.7. The Bertz CT molecular complexity index is 1640. The Balaban J connectivity index is 1.23. The van der Waals surface area contributed by atoms with Crippen molar-refractivity contribution in [3.8, 4) is 5.69 Å². The molecule has 1 atom stereocenters. The number of benzene rings is 2. The molecule has 2 amide bonds. The van der Waals surface area contributed by atoms with E-state index < -0.39 is 5.54 Å². The molecule has 0 bridgehead atoms. The van der Waals surface area contributed by atoms with E-state index in [1.54, 1.807) is 49.5 Å². The van der Waals surface area contributed by atoms with Crippen LogP contribution in [0.25, 0.3) is 5.69 Å². The molecule has 0 saturated carbocycles. The van der Waals surface area contributed by atoms with Gasteiger partial charge in [-0.15, -0.1) is 5.10 Å². The van der Waals surface area contributed by atoms with E-state index in [1.807, 2.05) is 33.9 Å². The van der Waals surface area contributed by atoms with E-state index in [2.05, 4.69) is 15.4 Å². The maximum Gasteiger partial charge on any atom is 0.242 e. The van der Waals surface area contributed by atoms with E-state index in [1.165, 1.54) is 12.1 Å². The second kappa shape index (κ2) is 11.9.